The van der Waals surface area contributed by atoms with Crippen LogP contribution < -0.4 is 15.9 Å². The van der Waals surface area contributed by atoms with Crippen molar-refractivity contribution in [3.05, 3.63) is 121 Å². The van der Waals surface area contributed by atoms with Gasteiger partial charge in [0.15, 0.2) is 0 Å². The summed E-state index contributed by atoms with van der Waals surface area (Å²) >= 11 is 2.10. The van der Waals surface area contributed by atoms with E-state index in [4.69, 9.17) is 0 Å². The van der Waals surface area contributed by atoms with E-state index in [-0.39, 0.29) is 4.49 Å². The predicted octanol–water partition coefficient (Wildman–Crippen LogP) is 7.56. The molecule has 0 unspecified atom stereocenters. The molecule has 0 atom stereocenters. The minimum absolute atomic E-state index is 0.207. The van der Waals surface area contributed by atoms with Crippen LogP contribution in [0.15, 0.2) is 126 Å². The Bertz CT molecular complexity index is 1070. The van der Waals surface area contributed by atoms with E-state index in [0.717, 1.165) is 0 Å². The number of hydrogen-bond acceptors (Lipinski definition) is 1. The summed E-state index contributed by atoms with van der Waals surface area (Å²) in [6, 6.07) is 44.8. The van der Waals surface area contributed by atoms with E-state index in [1.54, 1.807) is 0 Å². The molecule has 1 aliphatic rings. The van der Waals surface area contributed by atoms with Gasteiger partial charge in [-0.3, -0.25) is 0 Å². The molecule has 0 amide bonds. The standard InChI is InChI=1S/C27H24PS.BF4/c1-5-13-23(14-6-1)28(24-15-7-2-8-16-24,25-17-9-3-10-18-25)27(21-22-27)29-26-19-11-4-12-20-26;2-1(3,4)5/h1-20H,21-22H2;/q+1;-1. The average molecular weight is 498 g/mol. The van der Waals surface area contributed by atoms with Crippen LogP contribution in [0.3, 0.4) is 0 Å². The lowest BCUT2D eigenvalue weighted by Gasteiger charge is -2.34. The number of halogens is 4. The van der Waals surface area contributed by atoms with Crippen LogP contribution in [0.1, 0.15) is 12.8 Å². The number of thioether (sulfide) groups is 1. The first-order valence-electron chi connectivity index (χ1n) is 11.0. The largest absolute Gasteiger partial charge is 0.673 e. The number of rotatable bonds is 6. The van der Waals surface area contributed by atoms with Gasteiger partial charge in [0.05, 0.1) is 0 Å². The second kappa shape index (κ2) is 10.4. The highest BCUT2D eigenvalue weighted by atomic mass is 32.2. The quantitative estimate of drug-likeness (QED) is 0.150. The fraction of sp³-hybridized carbons (Fsp3) is 0.111. The molecule has 0 heterocycles. The molecule has 0 nitrogen and oxygen atoms in total. The minimum Gasteiger partial charge on any atom is -0.418 e. The molecule has 174 valence electrons. The lowest BCUT2D eigenvalue weighted by molar-refractivity contribution is 0.368. The van der Waals surface area contributed by atoms with Crippen molar-refractivity contribution in [3.63, 3.8) is 0 Å². The summed E-state index contributed by atoms with van der Waals surface area (Å²) in [6.45, 7) is 0. The van der Waals surface area contributed by atoms with Crippen LogP contribution in [0.5, 0.6) is 0 Å². The Morgan fingerprint density at radius 3 is 1.12 bits per heavy atom. The highest BCUT2D eigenvalue weighted by Crippen LogP contribution is 2.80. The summed E-state index contributed by atoms with van der Waals surface area (Å²) in [6.07, 6.45) is 2.50. The first-order valence-corrected chi connectivity index (χ1v) is 13.6. The molecule has 0 spiro atoms. The Kier molecular flexibility index (Phi) is 7.49. The second-order valence-corrected chi connectivity index (χ2v) is 13.5. The second-order valence-electron chi connectivity index (χ2n) is 8.03. The van der Waals surface area contributed by atoms with Crippen LogP contribution in [0.25, 0.3) is 0 Å². The Labute approximate surface area is 202 Å². The number of benzene rings is 4. The van der Waals surface area contributed by atoms with Gasteiger partial charge in [0.2, 0.25) is 0 Å². The van der Waals surface area contributed by atoms with Crippen molar-refractivity contribution >= 4 is 42.2 Å². The molecule has 0 bridgehead atoms. The van der Waals surface area contributed by atoms with Crippen molar-refractivity contribution in [2.24, 2.45) is 0 Å². The molecule has 7 heteroatoms. The molecule has 0 aliphatic heterocycles. The third kappa shape index (κ3) is 5.40. The highest BCUT2D eigenvalue weighted by molar-refractivity contribution is 8.15. The summed E-state index contributed by atoms with van der Waals surface area (Å²) in [5.74, 6) is 0. The van der Waals surface area contributed by atoms with Crippen molar-refractivity contribution in [2.45, 2.75) is 22.2 Å². The van der Waals surface area contributed by atoms with Crippen LogP contribution in [0, 0.1) is 0 Å². The van der Waals surface area contributed by atoms with Crippen LogP contribution >= 0.6 is 19.0 Å². The van der Waals surface area contributed by atoms with Crippen molar-refractivity contribution in [2.75, 3.05) is 0 Å². The van der Waals surface area contributed by atoms with Gasteiger partial charge in [0.25, 0.3) is 0 Å². The molecule has 1 fully saturated rings. The molecule has 0 aromatic heterocycles. The normalized spacial score (nSPS) is 14.6. The summed E-state index contributed by atoms with van der Waals surface area (Å²) in [7, 11) is -7.85. The Morgan fingerprint density at radius 1 is 0.529 bits per heavy atom. The zero-order chi connectivity index (χ0) is 24.1. The van der Waals surface area contributed by atoms with Gasteiger partial charge >= 0.3 is 7.25 Å². The van der Waals surface area contributed by atoms with Gasteiger partial charge in [-0.05, 0) is 48.5 Å². The van der Waals surface area contributed by atoms with Gasteiger partial charge < -0.3 is 17.3 Å². The molecule has 34 heavy (non-hydrogen) atoms. The number of hydrogen-bond donors (Lipinski definition) is 0. The van der Waals surface area contributed by atoms with E-state index in [1.165, 1.54) is 33.7 Å². The third-order valence-electron chi connectivity index (χ3n) is 5.77. The lowest BCUT2D eigenvalue weighted by Crippen LogP contribution is -2.38. The van der Waals surface area contributed by atoms with Crippen LogP contribution in [-0.2, 0) is 0 Å². The van der Waals surface area contributed by atoms with Crippen LogP contribution in [0.4, 0.5) is 17.3 Å². The highest BCUT2D eigenvalue weighted by Gasteiger charge is 2.70. The molecule has 0 radical (unpaired) electrons. The molecule has 5 rings (SSSR count). The molecule has 1 saturated carbocycles. The van der Waals surface area contributed by atoms with Crippen molar-refractivity contribution in [3.8, 4) is 0 Å². The average Bonchev–Trinajstić information content (AvgIpc) is 3.62. The van der Waals surface area contributed by atoms with Crippen molar-refractivity contribution in [1.82, 2.24) is 0 Å². The van der Waals surface area contributed by atoms with Gasteiger partial charge in [-0.2, -0.15) is 0 Å². The van der Waals surface area contributed by atoms with Gasteiger partial charge in [-0.25, -0.2) is 0 Å². The van der Waals surface area contributed by atoms with Gasteiger partial charge in [-0.15, -0.1) is 0 Å². The fourth-order valence-electron chi connectivity index (χ4n) is 4.43. The zero-order valence-electron chi connectivity index (χ0n) is 18.4. The Hall–Kier alpha value is -2.56. The van der Waals surface area contributed by atoms with Gasteiger partial charge in [0, 0.05) is 17.7 Å². The van der Waals surface area contributed by atoms with Gasteiger partial charge in [0.1, 0.15) is 27.7 Å². The molecule has 0 saturated heterocycles. The monoisotopic (exact) mass is 498 g/mol. The smallest absolute Gasteiger partial charge is 0.418 e. The Morgan fingerprint density at radius 2 is 0.824 bits per heavy atom. The zero-order valence-corrected chi connectivity index (χ0v) is 20.1. The maximum Gasteiger partial charge on any atom is 0.673 e. The Balaban J connectivity index is 0.000000499. The molecule has 4 aromatic carbocycles. The topological polar surface area (TPSA) is 0 Å². The van der Waals surface area contributed by atoms with E-state index < -0.39 is 14.5 Å². The van der Waals surface area contributed by atoms with E-state index in [0.29, 0.717) is 0 Å². The molecule has 4 aromatic rings. The van der Waals surface area contributed by atoms with E-state index >= 15 is 0 Å². The van der Waals surface area contributed by atoms with Crippen LogP contribution in [0.2, 0.25) is 0 Å². The van der Waals surface area contributed by atoms with E-state index in [2.05, 4.69) is 133 Å². The first-order chi connectivity index (χ1) is 16.4. The third-order valence-corrected chi connectivity index (χ3v) is 13.1. The fourth-order valence-corrected chi connectivity index (χ4v) is 12.2. The summed E-state index contributed by atoms with van der Waals surface area (Å²) < 4.78 is 39.2. The maximum atomic E-state index is 9.75. The summed E-state index contributed by atoms with van der Waals surface area (Å²) in [4.78, 5) is 1.37. The molecular weight excluding hydrogens is 474 g/mol. The molecule has 1 aliphatic carbocycles. The van der Waals surface area contributed by atoms with Crippen molar-refractivity contribution in [1.29, 1.82) is 0 Å². The SMILES string of the molecule is F[B-](F)(F)F.c1ccc(SC2([P+](c3ccccc3)(c3ccccc3)c3ccccc3)CC2)cc1. The first kappa shape index (κ1) is 24.6. The minimum atomic E-state index is -6.00. The summed E-state index contributed by atoms with van der Waals surface area (Å²) in [5.41, 5.74) is 0. The summed E-state index contributed by atoms with van der Waals surface area (Å²) in [5, 5.41) is 4.45. The van der Waals surface area contributed by atoms with E-state index in [9.17, 15) is 17.3 Å². The van der Waals surface area contributed by atoms with Gasteiger partial charge in [-0.1, -0.05) is 84.6 Å². The maximum absolute atomic E-state index is 9.75. The van der Waals surface area contributed by atoms with E-state index in [1.807, 2.05) is 0 Å². The molecular formula is C27H24BF4PS. The lowest BCUT2D eigenvalue weighted by atomic mass is 10.3. The molecule has 0 N–H and O–H groups in total. The van der Waals surface area contributed by atoms with Crippen molar-refractivity contribution < 1.29 is 17.3 Å². The predicted molar refractivity (Wildman–Crippen MR) is 140 cm³/mol. The van der Waals surface area contributed by atoms with Crippen LogP contribution in [-0.4, -0.2) is 11.7 Å².